The molecule has 0 radical (unpaired) electrons. The van der Waals surface area contributed by atoms with Gasteiger partial charge in [0.15, 0.2) is 0 Å². The first-order chi connectivity index (χ1) is 8.34. The first-order valence-electron chi connectivity index (χ1n) is 5.78. The summed E-state index contributed by atoms with van der Waals surface area (Å²) in [5.74, 6) is 0.00473. The zero-order valence-corrected chi connectivity index (χ0v) is 9.39. The molecule has 1 atom stereocenters. The first-order valence-corrected chi connectivity index (χ1v) is 5.78. The van der Waals surface area contributed by atoms with E-state index in [1.54, 1.807) is 0 Å². The summed E-state index contributed by atoms with van der Waals surface area (Å²) in [6.07, 6.45) is 0.939. The topological polar surface area (TPSA) is 29.1 Å². The zero-order valence-electron chi connectivity index (χ0n) is 9.39. The molecule has 1 amide bonds. The summed E-state index contributed by atoms with van der Waals surface area (Å²) in [5, 5.41) is 3.05. The summed E-state index contributed by atoms with van der Waals surface area (Å²) in [6.45, 7) is 0. The molecule has 2 aromatic rings. The molecule has 1 aliphatic carbocycles. The van der Waals surface area contributed by atoms with Gasteiger partial charge in [0.25, 0.3) is 5.91 Å². The smallest absolute Gasteiger partial charge is 0.251 e. The molecule has 0 aromatic heterocycles. The summed E-state index contributed by atoms with van der Waals surface area (Å²) < 4.78 is 0. The molecule has 2 nitrogen and oxygen atoms in total. The van der Waals surface area contributed by atoms with Gasteiger partial charge in [0, 0.05) is 5.56 Å². The minimum absolute atomic E-state index is 0.00473. The maximum Gasteiger partial charge on any atom is 0.251 e. The van der Waals surface area contributed by atoms with E-state index in [-0.39, 0.29) is 11.9 Å². The Morgan fingerprint density at radius 3 is 2.47 bits per heavy atom. The number of hydrogen-bond acceptors (Lipinski definition) is 1. The van der Waals surface area contributed by atoms with Gasteiger partial charge in [-0.25, -0.2) is 0 Å². The van der Waals surface area contributed by atoms with Crippen molar-refractivity contribution in [3.63, 3.8) is 0 Å². The first kappa shape index (κ1) is 10.1. The van der Waals surface area contributed by atoms with Gasteiger partial charge in [-0.15, -0.1) is 0 Å². The van der Waals surface area contributed by atoms with Crippen LogP contribution in [0.1, 0.15) is 27.5 Å². The normalized spacial score (nSPS) is 16.8. The number of amides is 1. The fourth-order valence-corrected chi connectivity index (χ4v) is 2.22. The highest BCUT2D eigenvalue weighted by atomic mass is 16.1. The molecule has 84 valence electrons. The number of carbonyl (C=O) groups is 1. The van der Waals surface area contributed by atoms with Crippen LogP contribution in [0.15, 0.2) is 54.6 Å². The molecule has 2 heteroatoms. The van der Waals surface area contributed by atoms with Crippen LogP contribution in [-0.4, -0.2) is 5.91 Å². The van der Waals surface area contributed by atoms with E-state index in [0.29, 0.717) is 0 Å². The molecule has 0 aliphatic heterocycles. The zero-order chi connectivity index (χ0) is 11.7. The second-order valence-corrected chi connectivity index (χ2v) is 4.30. The Bertz CT molecular complexity index is 548. The molecular formula is C15H13NO. The molecule has 0 bridgehead atoms. The van der Waals surface area contributed by atoms with E-state index >= 15 is 0 Å². The highest BCUT2D eigenvalue weighted by molar-refractivity contribution is 5.94. The Labute approximate surface area is 100 Å². The minimum atomic E-state index is 0.00473. The Hall–Kier alpha value is -2.09. The predicted molar refractivity (Wildman–Crippen MR) is 66.8 cm³/mol. The van der Waals surface area contributed by atoms with Gasteiger partial charge in [-0.05, 0) is 29.7 Å². The van der Waals surface area contributed by atoms with Crippen LogP contribution in [-0.2, 0) is 6.42 Å². The number of hydrogen-bond donors (Lipinski definition) is 1. The number of rotatable bonds is 2. The maximum atomic E-state index is 11.9. The van der Waals surface area contributed by atoms with Crippen molar-refractivity contribution in [1.82, 2.24) is 5.32 Å². The van der Waals surface area contributed by atoms with Crippen LogP contribution in [0, 0.1) is 0 Å². The summed E-state index contributed by atoms with van der Waals surface area (Å²) in [7, 11) is 0. The molecular weight excluding hydrogens is 210 g/mol. The van der Waals surface area contributed by atoms with Gasteiger partial charge in [0.2, 0.25) is 0 Å². The van der Waals surface area contributed by atoms with E-state index in [4.69, 9.17) is 0 Å². The van der Waals surface area contributed by atoms with Gasteiger partial charge in [0.1, 0.15) is 0 Å². The second-order valence-electron chi connectivity index (χ2n) is 4.30. The van der Waals surface area contributed by atoms with Gasteiger partial charge >= 0.3 is 0 Å². The molecule has 0 saturated carbocycles. The van der Waals surface area contributed by atoms with Gasteiger partial charge in [0.05, 0.1) is 6.04 Å². The molecule has 2 aromatic carbocycles. The molecule has 3 rings (SSSR count). The number of carbonyl (C=O) groups excluding carboxylic acids is 1. The van der Waals surface area contributed by atoms with Crippen molar-refractivity contribution in [2.75, 3.05) is 0 Å². The lowest BCUT2D eigenvalue weighted by molar-refractivity contribution is 0.0932. The predicted octanol–water partition coefficient (Wildman–Crippen LogP) is 2.71. The molecule has 0 spiro atoms. The summed E-state index contributed by atoms with van der Waals surface area (Å²) in [4.78, 5) is 11.9. The Morgan fingerprint density at radius 2 is 1.71 bits per heavy atom. The monoisotopic (exact) mass is 223 g/mol. The number of nitrogens with one attached hydrogen (secondary N) is 1. The van der Waals surface area contributed by atoms with Gasteiger partial charge in [-0.2, -0.15) is 0 Å². The largest absolute Gasteiger partial charge is 0.345 e. The SMILES string of the molecule is O=C(N[C@@H]1Cc2ccccc21)c1ccccc1. The Kier molecular flexibility index (Phi) is 2.41. The van der Waals surface area contributed by atoms with E-state index in [9.17, 15) is 4.79 Å². The molecule has 0 fully saturated rings. The van der Waals surface area contributed by atoms with Crippen LogP contribution in [0.4, 0.5) is 0 Å². The van der Waals surface area contributed by atoms with Crippen LogP contribution >= 0.6 is 0 Å². The van der Waals surface area contributed by atoms with E-state index in [0.717, 1.165) is 12.0 Å². The third-order valence-corrected chi connectivity index (χ3v) is 3.20. The Morgan fingerprint density at radius 1 is 1.00 bits per heavy atom. The number of benzene rings is 2. The third kappa shape index (κ3) is 1.82. The van der Waals surface area contributed by atoms with Crippen LogP contribution in [0.2, 0.25) is 0 Å². The third-order valence-electron chi connectivity index (χ3n) is 3.20. The quantitative estimate of drug-likeness (QED) is 0.833. The molecule has 1 aliphatic rings. The minimum Gasteiger partial charge on any atom is -0.345 e. The average molecular weight is 223 g/mol. The van der Waals surface area contributed by atoms with Crippen molar-refractivity contribution in [1.29, 1.82) is 0 Å². The van der Waals surface area contributed by atoms with Crippen LogP contribution < -0.4 is 5.32 Å². The molecule has 0 saturated heterocycles. The van der Waals surface area contributed by atoms with Crippen LogP contribution in [0.25, 0.3) is 0 Å². The lowest BCUT2D eigenvalue weighted by atomic mass is 9.83. The van der Waals surface area contributed by atoms with Crippen LogP contribution in [0.3, 0.4) is 0 Å². The highest BCUT2D eigenvalue weighted by Gasteiger charge is 2.26. The lowest BCUT2D eigenvalue weighted by Crippen LogP contribution is -2.35. The second kappa shape index (κ2) is 4.06. The van der Waals surface area contributed by atoms with Crippen molar-refractivity contribution in [3.8, 4) is 0 Å². The number of fused-ring (bicyclic) bond motifs is 1. The van der Waals surface area contributed by atoms with Crippen molar-refractivity contribution >= 4 is 5.91 Å². The summed E-state index contributed by atoms with van der Waals surface area (Å²) in [5.41, 5.74) is 3.31. The molecule has 1 N–H and O–H groups in total. The van der Waals surface area contributed by atoms with Gasteiger partial charge in [-0.3, -0.25) is 4.79 Å². The van der Waals surface area contributed by atoms with E-state index < -0.39 is 0 Å². The van der Waals surface area contributed by atoms with Crippen LogP contribution in [0.5, 0.6) is 0 Å². The van der Waals surface area contributed by atoms with E-state index in [1.807, 2.05) is 42.5 Å². The lowest BCUT2D eigenvalue weighted by Gasteiger charge is -2.30. The van der Waals surface area contributed by atoms with Crippen molar-refractivity contribution in [2.45, 2.75) is 12.5 Å². The fourth-order valence-electron chi connectivity index (χ4n) is 2.22. The fraction of sp³-hybridized carbons (Fsp3) is 0.133. The van der Waals surface area contributed by atoms with Crippen molar-refractivity contribution < 1.29 is 4.79 Å². The Balaban J connectivity index is 1.73. The standard InChI is InChI=1S/C15H13NO/c17-15(11-6-2-1-3-7-11)16-14-10-12-8-4-5-9-13(12)14/h1-9,14H,10H2,(H,16,17)/t14-/m1/s1. The average Bonchev–Trinajstić information content (AvgIpc) is 2.37. The van der Waals surface area contributed by atoms with Gasteiger partial charge in [-0.1, -0.05) is 42.5 Å². The van der Waals surface area contributed by atoms with E-state index in [1.165, 1.54) is 11.1 Å². The summed E-state index contributed by atoms with van der Waals surface area (Å²) in [6, 6.07) is 17.8. The van der Waals surface area contributed by atoms with Gasteiger partial charge < -0.3 is 5.32 Å². The molecule has 0 unspecified atom stereocenters. The molecule has 0 heterocycles. The maximum absolute atomic E-state index is 11.9. The molecule has 17 heavy (non-hydrogen) atoms. The highest BCUT2D eigenvalue weighted by Crippen LogP contribution is 2.32. The van der Waals surface area contributed by atoms with Crippen molar-refractivity contribution in [3.05, 3.63) is 71.3 Å². The van der Waals surface area contributed by atoms with Crippen molar-refractivity contribution in [2.24, 2.45) is 0 Å². The summed E-state index contributed by atoms with van der Waals surface area (Å²) >= 11 is 0. The van der Waals surface area contributed by atoms with E-state index in [2.05, 4.69) is 17.4 Å².